The van der Waals surface area contributed by atoms with Crippen molar-refractivity contribution in [3.63, 3.8) is 0 Å². The van der Waals surface area contributed by atoms with Crippen molar-refractivity contribution >= 4 is 17.5 Å². The lowest BCUT2D eigenvalue weighted by Gasteiger charge is -2.39. The number of amides is 2. The van der Waals surface area contributed by atoms with E-state index in [4.69, 9.17) is 6.42 Å². The molecule has 0 saturated carbocycles. The highest BCUT2D eigenvalue weighted by Crippen LogP contribution is 2.15. The molecule has 1 aliphatic heterocycles. The predicted molar refractivity (Wildman–Crippen MR) is 106 cm³/mol. The van der Waals surface area contributed by atoms with Gasteiger partial charge < -0.3 is 10.2 Å². The van der Waals surface area contributed by atoms with E-state index >= 15 is 0 Å². The van der Waals surface area contributed by atoms with E-state index in [2.05, 4.69) is 28.3 Å². The SMILES string of the molecule is C#Cc1cccc(NC(=O)C(=O)N2CCN(Cc3ccccc3)C[C@H]2C)c1. The number of nitrogens with zero attached hydrogens (tertiary/aromatic N) is 2. The zero-order valence-electron chi connectivity index (χ0n) is 15.4. The van der Waals surface area contributed by atoms with E-state index in [1.807, 2.05) is 25.1 Å². The molecular formula is C22H23N3O2. The second-order valence-electron chi connectivity index (χ2n) is 6.75. The average Bonchev–Trinajstić information content (AvgIpc) is 2.68. The van der Waals surface area contributed by atoms with Crippen LogP contribution in [0, 0.1) is 12.3 Å². The van der Waals surface area contributed by atoms with Gasteiger partial charge in [-0.2, -0.15) is 0 Å². The van der Waals surface area contributed by atoms with E-state index < -0.39 is 11.8 Å². The van der Waals surface area contributed by atoms with Gasteiger partial charge in [0.25, 0.3) is 0 Å². The maximum atomic E-state index is 12.6. The lowest BCUT2D eigenvalue weighted by atomic mass is 10.1. The molecular weight excluding hydrogens is 338 g/mol. The summed E-state index contributed by atoms with van der Waals surface area (Å²) in [6.45, 7) is 4.83. The number of carbonyl (C=O) groups is 2. The van der Waals surface area contributed by atoms with Crippen LogP contribution in [0.5, 0.6) is 0 Å². The van der Waals surface area contributed by atoms with Gasteiger partial charge in [0.1, 0.15) is 0 Å². The molecule has 27 heavy (non-hydrogen) atoms. The Morgan fingerprint density at radius 1 is 1.15 bits per heavy atom. The second-order valence-corrected chi connectivity index (χ2v) is 6.75. The molecule has 5 heteroatoms. The molecule has 3 rings (SSSR count). The average molecular weight is 361 g/mol. The number of nitrogens with one attached hydrogen (secondary N) is 1. The monoisotopic (exact) mass is 361 g/mol. The Bertz CT molecular complexity index is 857. The first-order chi connectivity index (χ1) is 13.1. The number of hydrogen-bond acceptors (Lipinski definition) is 3. The van der Waals surface area contributed by atoms with Crippen molar-refractivity contribution in [2.45, 2.75) is 19.5 Å². The van der Waals surface area contributed by atoms with E-state index in [1.54, 1.807) is 29.2 Å². The Labute approximate surface area is 160 Å². The van der Waals surface area contributed by atoms with Gasteiger partial charge in [0.05, 0.1) is 0 Å². The standard InChI is InChI=1S/C22H23N3O2/c1-3-18-10-7-11-20(14-18)23-21(26)22(27)25-13-12-24(15-17(25)2)16-19-8-5-4-6-9-19/h1,4-11,14,17H,12-13,15-16H2,2H3,(H,23,26)/t17-/m1/s1. The summed E-state index contributed by atoms with van der Waals surface area (Å²) >= 11 is 0. The third kappa shape index (κ3) is 4.75. The van der Waals surface area contributed by atoms with Crippen LogP contribution < -0.4 is 5.32 Å². The number of terminal acetylenes is 1. The van der Waals surface area contributed by atoms with Crippen molar-refractivity contribution in [2.75, 3.05) is 25.0 Å². The van der Waals surface area contributed by atoms with Gasteiger partial charge in [-0.05, 0) is 30.7 Å². The first-order valence-electron chi connectivity index (χ1n) is 9.01. The van der Waals surface area contributed by atoms with Crippen LogP contribution in [0.4, 0.5) is 5.69 Å². The normalized spacial score (nSPS) is 17.2. The number of anilines is 1. The molecule has 2 aromatic rings. The fourth-order valence-electron chi connectivity index (χ4n) is 3.32. The first kappa shape index (κ1) is 18.7. The molecule has 2 amide bonds. The Hall–Kier alpha value is -3.10. The van der Waals surface area contributed by atoms with Gasteiger partial charge in [-0.3, -0.25) is 14.5 Å². The number of carbonyl (C=O) groups excluding carboxylic acids is 2. The Balaban J connectivity index is 1.57. The van der Waals surface area contributed by atoms with Crippen molar-refractivity contribution in [1.29, 1.82) is 0 Å². The van der Waals surface area contributed by atoms with Crippen molar-refractivity contribution in [3.8, 4) is 12.3 Å². The Morgan fingerprint density at radius 2 is 1.93 bits per heavy atom. The number of rotatable bonds is 3. The lowest BCUT2D eigenvalue weighted by molar-refractivity contribution is -0.146. The fourth-order valence-corrected chi connectivity index (χ4v) is 3.32. The van der Waals surface area contributed by atoms with Crippen LogP contribution in [0.15, 0.2) is 54.6 Å². The van der Waals surface area contributed by atoms with Crippen LogP contribution >= 0.6 is 0 Å². The quantitative estimate of drug-likeness (QED) is 0.674. The molecule has 0 unspecified atom stereocenters. The van der Waals surface area contributed by atoms with E-state index in [0.717, 1.165) is 19.6 Å². The molecule has 0 spiro atoms. The summed E-state index contributed by atoms with van der Waals surface area (Å²) < 4.78 is 0. The van der Waals surface area contributed by atoms with Crippen LogP contribution in [0.25, 0.3) is 0 Å². The molecule has 0 aromatic heterocycles. The summed E-state index contributed by atoms with van der Waals surface area (Å²) in [5.41, 5.74) is 2.43. The number of piperazine rings is 1. The summed E-state index contributed by atoms with van der Waals surface area (Å²) in [5, 5.41) is 2.65. The third-order valence-corrected chi connectivity index (χ3v) is 4.70. The molecule has 5 nitrogen and oxygen atoms in total. The second kappa shape index (κ2) is 8.52. The van der Waals surface area contributed by atoms with Gasteiger partial charge >= 0.3 is 11.8 Å². The van der Waals surface area contributed by atoms with Crippen LogP contribution in [0.3, 0.4) is 0 Å². The smallest absolute Gasteiger partial charge is 0.313 e. The molecule has 0 radical (unpaired) electrons. The molecule has 1 fully saturated rings. The van der Waals surface area contributed by atoms with E-state index in [0.29, 0.717) is 17.8 Å². The molecule has 1 atom stereocenters. The van der Waals surface area contributed by atoms with E-state index in [9.17, 15) is 9.59 Å². The largest absolute Gasteiger partial charge is 0.329 e. The maximum absolute atomic E-state index is 12.6. The van der Waals surface area contributed by atoms with Crippen molar-refractivity contribution in [3.05, 3.63) is 65.7 Å². The van der Waals surface area contributed by atoms with Crippen LogP contribution in [0.2, 0.25) is 0 Å². The number of hydrogen-bond donors (Lipinski definition) is 1. The summed E-state index contributed by atoms with van der Waals surface area (Å²) in [6, 6.07) is 17.1. The van der Waals surface area contributed by atoms with Gasteiger partial charge in [-0.25, -0.2) is 0 Å². The molecule has 1 heterocycles. The lowest BCUT2D eigenvalue weighted by Crippen LogP contribution is -2.56. The molecule has 0 aliphatic carbocycles. The Kier molecular flexibility index (Phi) is 5.90. The van der Waals surface area contributed by atoms with Gasteiger partial charge in [-0.15, -0.1) is 6.42 Å². The summed E-state index contributed by atoms with van der Waals surface area (Å²) in [5.74, 6) is 1.37. The van der Waals surface area contributed by atoms with Crippen LogP contribution in [-0.4, -0.2) is 47.3 Å². The van der Waals surface area contributed by atoms with Crippen molar-refractivity contribution in [2.24, 2.45) is 0 Å². The van der Waals surface area contributed by atoms with Gasteiger partial charge in [0.2, 0.25) is 0 Å². The highest BCUT2D eigenvalue weighted by Gasteiger charge is 2.31. The Morgan fingerprint density at radius 3 is 2.63 bits per heavy atom. The zero-order valence-corrected chi connectivity index (χ0v) is 15.4. The van der Waals surface area contributed by atoms with Gasteiger partial charge in [0, 0.05) is 43.5 Å². The van der Waals surface area contributed by atoms with Gasteiger partial charge in [0.15, 0.2) is 0 Å². The summed E-state index contributed by atoms with van der Waals surface area (Å²) in [6.07, 6.45) is 5.37. The maximum Gasteiger partial charge on any atom is 0.313 e. The third-order valence-electron chi connectivity index (χ3n) is 4.70. The van der Waals surface area contributed by atoms with E-state index in [-0.39, 0.29) is 6.04 Å². The van der Waals surface area contributed by atoms with Crippen molar-refractivity contribution in [1.82, 2.24) is 9.80 Å². The van der Waals surface area contributed by atoms with E-state index in [1.165, 1.54) is 5.56 Å². The molecule has 1 saturated heterocycles. The minimum atomic E-state index is -0.632. The summed E-state index contributed by atoms with van der Waals surface area (Å²) in [4.78, 5) is 28.9. The highest BCUT2D eigenvalue weighted by atomic mass is 16.2. The van der Waals surface area contributed by atoms with Crippen LogP contribution in [-0.2, 0) is 16.1 Å². The summed E-state index contributed by atoms with van der Waals surface area (Å²) in [7, 11) is 0. The molecule has 2 aromatic carbocycles. The fraction of sp³-hybridized carbons (Fsp3) is 0.273. The van der Waals surface area contributed by atoms with Crippen molar-refractivity contribution < 1.29 is 9.59 Å². The molecule has 0 bridgehead atoms. The zero-order chi connectivity index (χ0) is 19.2. The molecule has 1 aliphatic rings. The topological polar surface area (TPSA) is 52.7 Å². The number of benzene rings is 2. The minimum Gasteiger partial charge on any atom is -0.329 e. The minimum absolute atomic E-state index is 0.0299. The van der Waals surface area contributed by atoms with Gasteiger partial charge in [-0.1, -0.05) is 42.3 Å². The highest BCUT2D eigenvalue weighted by molar-refractivity contribution is 6.39. The molecule has 1 N–H and O–H groups in total. The van der Waals surface area contributed by atoms with Crippen LogP contribution in [0.1, 0.15) is 18.1 Å². The predicted octanol–water partition coefficient (Wildman–Crippen LogP) is 2.34. The first-order valence-corrected chi connectivity index (χ1v) is 9.01. The molecule has 138 valence electrons.